The molecule has 0 aliphatic rings. The molecular weight excluding hydrogens is 292 g/mol. The van der Waals surface area contributed by atoms with E-state index in [1.54, 1.807) is 30.0 Å². The molecule has 100 valence electrons. The molecule has 0 amide bonds. The summed E-state index contributed by atoms with van der Waals surface area (Å²) in [7, 11) is 0. The summed E-state index contributed by atoms with van der Waals surface area (Å²) in [6, 6.07) is 14.8. The van der Waals surface area contributed by atoms with Crippen LogP contribution >= 0.6 is 23.4 Å². The molecule has 0 aliphatic heterocycles. The highest BCUT2D eigenvalue weighted by atomic mass is 35.5. The van der Waals surface area contributed by atoms with Crippen LogP contribution in [0.1, 0.15) is 0 Å². The molecule has 4 heteroatoms. The van der Waals surface area contributed by atoms with Crippen LogP contribution in [-0.2, 0) is 0 Å². The van der Waals surface area contributed by atoms with Crippen molar-refractivity contribution >= 4 is 34.1 Å². The van der Waals surface area contributed by atoms with Crippen molar-refractivity contribution in [3.05, 3.63) is 64.0 Å². The van der Waals surface area contributed by atoms with E-state index in [0.717, 1.165) is 15.8 Å². The van der Waals surface area contributed by atoms with Crippen molar-refractivity contribution in [3.63, 3.8) is 0 Å². The minimum absolute atomic E-state index is 0.316. The summed E-state index contributed by atoms with van der Waals surface area (Å²) in [4.78, 5) is 13.1. The summed E-state index contributed by atoms with van der Waals surface area (Å²) in [6.07, 6.45) is 1.97. The lowest BCUT2D eigenvalue weighted by atomic mass is 10.1. The fraction of sp³-hybridized carbons (Fsp3) is 0.0625. The Bertz CT molecular complexity index is 822. The topological polar surface area (TPSA) is 30.2 Å². The first-order valence-electron chi connectivity index (χ1n) is 6.06. The lowest BCUT2D eigenvalue weighted by molar-refractivity contribution is 0.525. The van der Waals surface area contributed by atoms with Gasteiger partial charge >= 0.3 is 5.63 Å². The molecular formula is C16H11ClO2S. The maximum Gasteiger partial charge on any atom is 0.344 e. The first-order chi connectivity index (χ1) is 9.70. The smallest absolute Gasteiger partial charge is 0.344 e. The zero-order valence-electron chi connectivity index (χ0n) is 10.7. The highest BCUT2D eigenvalue weighted by molar-refractivity contribution is 7.99. The molecule has 0 saturated carbocycles. The average molecular weight is 303 g/mol. The third-order valence-corrected chi connectivity index (χ3v) is 4.17. The van der Waals surface area contributed by atoms with Gasteiger partial charge in [0.2, 0.25) is 0 Å². The summed E-state index contributed by atoms with van der Waals surface area (Å²) in [5.74, 6) is 0.595. The first kappa shape index (κ1) is 13.3. The van der Waals surface area contributed by atoms with Crippen LogP contribution in [0.25, 0.3) is 22.1 Å². The molecule has 0 N–H and O–H groups in total. The summed E-state index contributed by atoms with van der Waals surface area (Å²) >= 11 is 7.47. The van der Waals surface area contributed by atoms with Crippen molar-refractivity contribution in [3.8, 4) is 11.3 Å². The fourth-order valence-corrected chi connectivity index (χ4v) is 3.04. The van der Waals surface area contributed by atoms with Gasteiger partial charge in [0.1, 0.15) is 0 Å². The van der Waals surface area contributed by atoms with E-state index in [9.17, 15) is 4.79 Å². The molecule has 0 spiro atoms. The third kappa shape index (κ3) is 2.23. The SMILES string of the molecule is CSc1c(-c2ccc(Cl)cc2)oc(=O)c2ccccc12. The van der Waals surface area contributed by atoms with Gasteiger partial charge in [0, 0.05) is 16.0 Å². The van der Waals surface area contributed by atoms with E-state index in [1.165, 1.54) is 0 Å². The molecule has 0 atom stereocenters. The molecule has 0 radical (unpaired) electrons. The molecule has 3 aromatic rings. The van der Waals surface area contributed by atoms with Crippen LogP contribution in [0.4, 0.5) is 0 Å². The Morgan fingerprint density at radius 2 is 1.65 bits per heavy atom. The summed E-state index contributed by atoms with van der Waals surface area (Å²) in [6.45, 7) is 0. The Balaban J connectivity index is 2.36. The number of hydrogen-bond acceptors (Lipinski definition) is 3. The Labute approximate surface area is 125 Å². The van der Waals surface area contributed by atoms with Crippen molar-refractivity contribution in [1.29, 1.82) is 0 Å². The highest BCUT2D eigenvalue weighted by Gasteiger charge is 2.14. The maximum atomic E-state index is 12.1. The van der Waals surface area contributed by atoms with E-state index in [0.29, 0.717) is 16.2 Å². The highest BCUT2D eigenvalue weighted by Crippen LogP contribution is 2.35. The van der Waals surface area contributed by atoms with Crippen LogP contribution in [0.3, 0.4) is 0 Å². The van der Waals surface area contributed by atoms with E-state index < -0.39 is 0 Å². The lowest BCUT2D eigenvalue weighted by Crippen LogP contribution is -2.02. The standard InChI is InChI=1S/C16H11ClO2S/c1-20-15-12-4-2-3-5-13(12)16(18)19-14(15)10-6-8-11(17)9-7-10/h2-9H,1H3. The van der Waals surface area contributed by atoms with Crippen molar-refractivity contribution in [2.45, 2.75) is 4.90 Å². The number of rotatable bonds is 2. The van der Waals surface area contributed by atoms with Gasteiger partial charge in [-0.2, -0.15) is 0 Å². The predicted molar refractivity (Wildman–Crippen MR) is 84.7 cm³/mol. The van der Waals surface area contributed by atoms with Crippen LogP contribution in [-0.4, -0.2) is 6.26 Å². The van der Waals surface area contributed by atoms with Crippen molar-refractivity contribution < 1.29 is 4.42 Å². The number of fused-ring (bicyclic) bond motifs is 1. The van der Waals surface area contributed by atoms with Gasteiger partial charge in [-0.15, -0.1) is 11.8 Å². The molecule has 0 aliphatic carbocycles. The molecule has 3 rings (SSSR count). The average Bonchev–Trinajstić information content (AvgIpc) is 2.48. The minimum atomic E-state index is -0.316. The van der Waals surface area contributed by atoms with E-state index in [-0.39, 0.29) is 5.63 Å². The first-order valence-corrected chi connectivity index (χ1v) is 7.67. The Morgan fingerprint density at radius 1 is 1.00 bits per heavy atom. The molecule has 20 heavy (non-hydrogen) atoms. The number of benzene rings is 2. The Kier molecular flexibility index (Phi) is 3.55. The number of hydrogen-bond donors (Lipinski definition) is 0. The Morgan fingerprint density at radius 3 is 2.30 bits per heavy atom. The van der Waals surface area contributed by atoms with Crippen LogP contribution in [0.5, 0.6) is 0 Å². The molecule has 2 aromatic carbocycles. The monoisotopic (exact) mass is 302 g/mol. The molecule has 0 bridgehead atoms. The molecule has 2 nitrogen and oxygen atoms in total. The lowest BCUT2D eigenvalue weighted by Gasteiger charge is -2.09. The van der Waals surface area contributed by atoms with Crippen molar-refractivity contribution in [2.24, 2.45) is 0 Å². The largest absolute Gasteiger partial charge is 0.421 e. The van der Waals surface area contributed by atoms with Gasteiger partial charge in [-0.3, -0.25) is 0 Å². The van der Waals surface area contributed by atoms with Crippen LogP contribution in [0.15, 0.2) is 62.6 Å². The van der Waals surface area contributed by atoms with Gasteiger partial charge in [-0.1, -0.05) is 29.8 Å². The van der Waals surface area contributed by atoms with E-state index in [1.807, 2.05) is 36.6 Å². The van der Waals surface area contributed by atoms with Crippen molar-refractivity contribution in [1.82, 2.24) is 0 Å². The third-order valence-electron chi connectivity index (χ3n) is 3.10. The van der Waals surface area contributed by atoms with Crippen LogP contribution in [0.2, 0.25) is 5.02 Å². The minimum Gasteiger partial charge on any atom is -0.421 e. The van der Waals surface area contributed by atoms with Crippen LogP contribution < -0.4 is 5.63 Å². The second kappa shape index (κ2) is 5.35. The second-order valence-electron chi connectivity index (χ2n) is 4.30. The molecule has 0 fully saturated rings. The van der Waals surface area contributed by atoms with Gasteiger partial charge in [-0.25, -0.2) is 4.79 Å². The van der Waals surface area contributed by atoms with Gasteiger partial charge in [0.25, 0.3) is 0 Å². The second-order valence-corrected chi connectivity index (χ2v) is 5.56. The van der Waals surface area contributed by atoms with Gasteiger partial charge in [0.05, 0.1) is 10.3 Å². The van der Waals surface area contributed by atoms with Crippen LogP contribution in [0, 0.1) is 0 Å². The van der Waals surface area contributed by atoms with E-state index in [4.69, 9.17) is 16.0 Å². The predicted octanol–water partition coefficient (Wildman–Crippen LogP) is 4.84. The molecule has 0 saturated heterocycles. The number of halogens is 1. The zero-order valence-corrected chi connectivity index (χ0v) is 12.3. The number of thioether (sulfide) groups is 1. The summed E-state index contributed by atoms with van der Waals surface area (Å²) in [5, 5.41) is 2.18. The quantitative estimate of drug-likeness (QED) is 0.635. The van der Waals surface area contributed by atoms with Gasteiger partial charge in [0.15, 0.2) is 5.76 Å². The maximum absolute atomic E-state index is 12.1. The van der Waals surface area contributed by atoms with E-state index >= 15 is 0 Å². The summed E-state index contributed by atoms with van der Waals surface area (Å²) in [5.41, 5.74) is 0.532. The summed E-state index contributed by atoms with van der Waals surface area (Å²) < 4.78 is 5.52. The molecule has 0 unspecified atom stereocenters. The normalized spacial score (nSPS) is 10.9. The molecule has 1 aromatic heterocycles. The molecule has 1 heterocycles. The Hall–Kier alpha value is -1.71. The fourth-order valence-electron chi connectivity index (χ4n) is 2.17. The van der Waals surface area contributed by atoms with Crippen molar-refractivity contribution in [2.75, 3.05) is 6.26 Å². The van der Waals surface area contributed by atoms with Gasteiger partial charge in [-0.05, 0) is 36.6 Å². The zero-order chi connectivity index (χ0) is 14.1. The van der Waals surface area contributed by atoms with E-state index in [2.05, 4.69) is 0 Å². The van der Waals surface area contributed by atoms with Gasteiger partial charge < -0.3 is 4.42 Å².